The predicted octanol–water partition coefficient (Wildman–Crippen LogP) is 3.80. The van der Waals surface area contributed by atoms with E-state index in [-0.39, 0.29) is 5.41 Å². The molecule has 2 nitrogen and oxygen atoms in total. The van der Waals surface area contributed by atoms with Crippen LogP contribution in [0.3, 0.4) is 0 Å². The van der Waals surface area contributed by atoms with Crippen LogP contribution in [0.1, 0.15) is 25.0 Å². The summed E-state index contributed by atoms with van der Waals surface area (Å²) < 4.78 is 0. The van der Waals surface area contributed by atoms with E-state index in [2.05, 4.69) is 26.0 Å². The van der Waals surface area contributed by atoms with Crippen molar-refractivity contribution in [2.24, 2.45) is 4.99 Å². The molecule has 0 atom stereocenters. The maximum Gasteiger partial charge on any atom is 0.116 e. The molecule has 2 aromatic rings. The summed E-state index contributed by atoms with van der Waals surface area (Å²) in [4.78, 5) is 4.72. The van der Waals surface area contributed by atoms with E-state index in [1.165, 1.54) is 0 Å². The average molecular weight is 237 g/mol. The molecule has 2 heteroatoms. The number of phenols is 1. The summed E-state index contributed by atoms with van der Waals surface area (Å²) >= 11 is 0. The summed E-state index contributed by atoms with van der Waals surface area (Å²) in [5.74, 6) is 0.298. The number of aliphatic imine (C=N–C) groups is 1. The Morgan fingerprint density at radius 2 is 1.72 bits per heavy atom. The van der Waals surface area contributed by atoms with Gasteiger partial charge in [0.1, 0.15) is 5.75 Å². The van der Waals surface area contributed by atoms with Crippen LogP contribution in [0, 0.1) is 0 Å². The molecule has 1 aliphatic rings. The molecule has 1 heterocycles. The number of benzene rings is 2. The van der Waals surface area contributed by atoms with Gasteiger partial charge in [-0.15, -0.1) is 0 Å². The molecule has 3 rings (SSSR count). The van der Waals surface area contributed by atoms with E-state index >= 15 is 0 Å². The van der Waals surface area contributed by atoms with E-state index in [9.17, 15) is 5.11 Å². The second-order valence-electron chi connectivity index (χ2n) is 5.15. The zero-order chi connectivity index (χ0) is 12.8. The van der Waals surface area contributed by atoms with Crippen LogP contribution in [-0.2, 0) is 5.41 Å². The van der Waals surface area contributed by atoms with Crippen molar-refractivity contribution >= 4 is 11.4 Å². The molecule has 0 unspecified atom stereocenters. The molecule has 0 spiro atoms. The molecular weight excluding hydrogens is 222 g/mol. The molecular formula is C16H15NO. The van der Waals surface area contributed by atoms with Gasteiger partial charge in [0.05, 0.1) is 11.4 Å². The first-order chi connectivity index (χ1) is 8.59. The van der Waals surface area contributed by atoms with Crippen molar-refractivity contribution in [3.8, 4) is 5.75 Å². The van der Waals surface area contributed by atoms with Crippen LogP contribution >= 0.6 is 0 Å². The molecule has 1 N–H and O–H groups in total. The smallest absolute Gasteiger partial charge is 0.116 e. The molecule has 0 aromatic heterocycles. The Morgan fingerprint density at radius 3 is 2.44 bits per heavy atom. The van der Waals surface area contributed by atoms with Gasteiger partial charge in [-0.3, -0.25) is 4.99 Å². The second kappa shape index (κ2) is 3.70. The van der Waals surface area contributed by atoms with Crippen LogP contribution in [0.2, 0.25) is 0 Å². The Hall–Kier alpha value is -2.09. The molecule has 2 aromatic carbocycles. The lowest BCUT2D eigenvalue weighted by atomic mass is 9.79. The van der Waals surface area contributed by atoms with E-state index in [0.29, 0.717) is 5.75 Å². The molecule has 90 valence electrons. The molecule has 0 amide bonds. The maximum atomic E-state index is 9.63. The zero-order valence-corrected chi connectivity index (χ0v) is 10.5. The van der Waals surface area contributed by atoms with Gasteiger partial charge >= 0.3 is 0 Å². The van der Waals surface area contributed by atoms with E-state index < -0.39 is 0 Å². The highest BCUT2D eigenvalue weighted by molar-refractivity contribution is 6.12. The van der Waals surface area contributed by atoms with E-state index in [4.69, 9.17) is 4.99 Å². The third-order valence-electron chi connectivity index (χ3n) is 3.52. The summed E-state index contributed by atoms with van der Waals surface area (Å²) in [7, 11) is 0. The number of hydrogen-bond donors (Lipinski definition) is 1. The third kappa shape index (κ3) is 1.53. The van der Waals surface area contributed by atoms with Gasteiger partial charge in [-0.1, -0.05) is 44.2 Å². The Labute approximate surface area is 107 Å². The van der Waals surface area contributed by atoms with Crippen molar-refractivity contribution in [2.75, 3.05) is 0 Å². The van der Waals surface area contributed by atoms with Crippen LogP contribution in [0.5, 0.6) is 5.75 Å². The Bertz CT molecular complexity index is 627. The first-order valence-electron chi connectivity index (χ1n) is 6.07. The van der Waals surface area contributed by atoms with Gasteiger partial charge in [0.25, 0.3) is 0 Å². The fourth-order valence-electron chi connectivity index (χ4n) is 2.53. The molecule has 0 saturated carbocycles. The maximum absolute atomic E-state index is 9.63. The number of hydrogen-bond acceptors (Lipinski definition) is 2. The summed E-state index contributed by atoms with van der Waals surface area (Å²) in [6, 6.07) is 15.6. The van der Waals surface area contributed by atoms with Gasteiger partial charge in [-0.25, -0.2) is 0 Å². The lowest BCUT2D eigenvalue weighted by molar-refractivity contribution is 0.473. The minimum Gasteiger partial charge on any atom is -0.508 e. The molecule has 0 bridgehead atoms. The molecule has 18 heavy (non-hydrogen) atoms. The van der Waals surface area contributed by atoms with Crippen LogP contribution < -0.4 is 0 Å². The van der Waals surface area contributed by atoms with Gasteiger partial charge < -0.3 is 5.11 Å². The van der Waals surface area contributed by atoms with E-state index in [1.54, 1.807) is 6.07 Å². The summed E-state index contributed by atoms with van der Waals surface area (Å²) in [6.07, 6.45) is 0. The lowest BCUT2D eigenvalue weighted by Crippen LogP contribution is -2.26. The van der Waals surface area contributed by atoms with Gasteiger partial charge in [-0.05, 0) is 29.3 Å². The standard InChI is InChI=1S/C16H15NO/c1-16(2)13-10-12(18)8-9-14(13)17-15(16)11-6-4-3-5-7-11/h3-10,18H,1-2H3. The highest BCUT2D eigenvalue weighted by Crippen LogP contribution is 2.43. The average Bonchev–Trinajstić information content (AvgIpc) is 2.63. The highest BCUT2D eigenvalue weighted by atomic mass is 16.3. The van der Waals surface area contributed by atoms with Crippen LogP contribution in [0.25, 0.3) is 0 Å². The van der Waals surface area contributed by atoms with Crippen molar-refractivity contribution in [1.82, 2.24) is 0 Å². The largest absolute Gasteiger partial charge is 0.508 e. The van der Waals surface area contributed by atoms with Gasteiger partial charge in [0.15, 0.2) is 0 Å². The van der Waals surface area contributed by atoms with Crippen LogP contribution in [-0.4, -0.2) is 10.8 Å². The molecule has 0 fully saturated rings. The Balaban J connectivity index is 2.16. The molecule has 0 saturated heterocycles. The molecule has 1 aliphatic heterocycles. The Kier molecular flexibility index (Phi) is 2.27. The number of phenolic OH excluding ortho intramolecular Hbond substituents is 1. The van der Waals surface area contributed by atoms with Crippen LogP contribution in [0.15, 0.2) is 53.5 Å². The monoisotopic (exact) mass is 237 g/mol. The molecule has 0 aliphatic carbocycles. The number of nitrogens with zero attached hydrogens (tertiary/aromatic N) is 1. The fraction of sp³-hybridized carbons (Fsp3) is 0.188. The number of rotatable bonds is 1. The number of aromatic hydroxyl groups is 1. The van der Waals surface area contributed by atoms with Gasteiger partial charge in [-0.2, -0.15) is 0 Å². The minimum atomic E-state index is -0.171. The SMILES string of the molecule is CC1(C)C(c2ccccc2)=Nc2ccc(O)cc21. The lowest BCUT2D eigenvalue weighted by Gasteiger charge is -2.22. The second-order valence-corrected chi connectivity index (χ2v) is 5.15. The van der Waals surface area contributed by atoms with E-state index in [1.807, 2.05) is 30.3 Å². The summed E-state index contributed by atoms with van der Waals surface area (Å²) in [6.45, 7) is 4.29. The van der Waals surface area contributed by atoms with Crippen molar-refractivity contribution in [3.05, 3.63) is 59.7 Å². The summed E-state index contributed by atoms with van der Waals surface area (Å²) in [5, 5.41) is 9.63. The topological polar surface area (TPSA) is 32.6 Å². The van der Waals surface area contributed by atoms with Crippen LogP contribution in [0.4, 0.5) is 5.69 Å². The summed E-state index contributed by atoms with van der Waals surface area (Å²) in [5.41, 5.74) is 4.06. The van der Waals surface area contributed by atoms with E-state index in [0.717, 1.165) is 22.5 Å². The van der Waals surface area contributed by atoms with Gasteiger partial charge in [0, 0.05) is 5.41 Å². The Morgan fingerprint density at radius 1 is 1.00 bits per heavy atom. The van der Waals surface area contributed by atoms with Crippen molar-refractivity contribution in [2.45, 2.75) is 19.3 Å². The fourth-order valence-corrected chi connectivity index (χ4v) is 2.53. The van der Waals surface area contributed by atoms with Gasteiger partial charge in [0.2, 0.25) is 0 Å². The first kappa shape index (κ1) is 11.0. The minimum absolute atomic E-state index is 0.171. The number of fused-ring (bicyclic) bond motifs is 1. The highest BCUT2D eigenvalue weighted by Gasteiger charge is 2.35. The predicted molar refractivity (Wildman–Crippen MR) is 73.8 cm³/mol. The zero-order valence-electron chi connectivity index (χ0n) is 10.5. The molecule has 0 radical (unpaired) electrons. The third-order valence-corrected chi connectivity index (χ3v) is 3.52. The van der Waals surface area contributed by atoms with Crippen molar-refractivity contribution in [3.63, 3.8) is 0 Å². The van der Waals surface area contributed by atoms with Crippen molar-refractivity contribution in [1.29, 1.82) is 0 Å². The quantitative estimate of drug-likeness (QED) is 0.803. The first-order valence-corrected chi connectivity index (χ1v) is 6.07. The normalized spacial score (nSPS) is 16.2. The van der Waals surface area contributed by atoms with Crippen molar-refractivity contribution < 1.29 is 5.11 Å².